The molecule has 0 saturated carbocycles. The molecule has 85 valence electrons. The second kappa shape index (κ2) is 5.33. The van der Waals surface area contributed by atoms with Crippen LogP contribution in [0.5, 0.6) is 0 Å². The Morgan fingerprint density at radius 2 is 1.53 bits per heavy atom. The summed E-state index contributed by atoms with van der Waals surface area (Å²) in [7, 11) is 1.08. The number of ether oxygens (including phenoxy) is 3. The number of methoxy groups -OCH3 is 1. The van der Waals surface area contributed by atoms with Gasteiger partial charge in [-0.2, -0.15) is 0 Å². The third-order valence-electron chi connectivity index (χ3n) is 1.44. The average Bonchev–Trinajstić information content (AvgIpc) is 2.13. The Kier molecular flexibility index (Phi) is 4.77. The summed E-state index contributed by atoms with van der Waals surface area (Å²) in [5, 5.41) is 0. The monoisotopic (exact) mass is 217 g/mol. The summed E-state index contributed by atoms with van der Waals surface area (Å²) >= 11 is 0. The predicted molar refractivity (Wildman–Crippen MR) is 48.3 cm³/mol. The van der Waals surface area contributed by atoms with Crippen LogP contribution in [0.4, 0.5) is 0 Å². The minimum absolute atomic E-state index is 0.265. The summed E-state index contributed by atoms with van der Waals surface area (Å²) in [4.78, 5) is 32.9. The summed E-state index contributed by atoms with van der Waals surface area (Å²) in [6.45, 7) is 5.54. The van der Waals surface area contributed by atoms with Crippen LogP contribution in [-0.2, 0) is 28.6 Å². The van der Waals surface area contributed by atoms with Gasteiger partial charge in [0.25, 0.3) is 0 Å². The summed E-state index contributed by atoms with van der Waals surface area (Å²) < 4.78 is 13.6. The minimum Gasteiger partial charge on any atom is -0.463 e. The molecule has 0 aromatic carbocycles. The molecule has 0 aliphatic carbocycles. The average molecular weight is 217 g/mol. The van der Waals surface area contributed by atoms with Gasteiger partial charge >= 0.3 is 23.7 Å². The third-order valence-corrected chi connectivity index (χ3v) is 1.44. The summed E-state index contributed by atoms with van der Waals surface area (Å²) in [5.74, 6) is -4.61. The van der Waals surface area contributed by atoms with Gasteiger partial charge in [-0.3, -0.25) is 9.59 Å². The van der Waals surface area contributed by atoms with Crippen LogP contribution in [0.3, 0.4) is 0 Å². The smallest absolute Gasteiger partial charge is 0.392 e. The van der Waals surface area contributed by atoms with Crippen molar-refractivity contribution in [1.29, 1.82) is 0 Å². The van der Waals surface area contributed by atoms with Crippen LogP contribution in [-0.4, -0.2) is 30.8 Å². The van der Waals surface area contributed by atoms with E-state index in [1.54, 1.807) is 0 Å². The third kappa shape index (κ3) is 3.57. The van der Waals surface area contributed by atoms with E-state index in [1.807, 2.05) is 0 Å². The maximum absolute atomic E-state index is 11.3. The highest BCUT2D eigenvalue weighted by Gasteiger charge is 2.45. The van der Waals surface area contributed by atoms with E-state index < -0.39 is 23.7 Å². The van der Waals surface area contributed by atoms with Gasteiger partial charge in [0.2, 0.25) is 0 Å². The maximum atomic E-state index is 11.3. The van der Waals surface area contributed by atoms with E-state index in [9.17, 15) is 14.4 Å². The first kappa shape index (κ1) is 13.4. The molecule has 0 aromatic heterocycles. The fourth-order valence-corrected chi connectivity index (χ4v) is 0.928. The van der Waals surface area contributed by atoms with Gasteiger partial charge in [-0.05, 0) is 6.92 Å². The first-order valence-electron chi connectivity index (χ1n) is 4.14. The van der Waals surface area contributed by atoms with Gasteiger partial charge in [0, 0.05) is 20.3 Å². The zero-order valence-corrected chi connectivity index (χ0v) is 8.86. The first-order chi connectivity index (χ1) is 6.88. The van der Waals surface area contributed by atoms with Gasteiger partial charge in [0.05, 0.1) is 7.11 Å². The van der Waals surface area contributed by atoms with Crippen LogP contribution in [0.15, 0.2) is 0 Å². The van der Waals surface area contributed by atoms with Crippen LogP contribution >= 0.6 is 0 Å². The van der Waals surface area contributed by atoms with E-state index in [0.717, 1.165) is 21.0 Å². The predicted octanol–water partition coefficient (Wildman–Crippen LogP) is 0.206. The van der Waals surface area contributed by atoms with Gasteiger partial charge in [0.15, 0.2) is 0 Å². The van der Waals surface area contributed by atoms with Gasteiger partial charge in [-0.1, -0.05) is 0 Å². The fourth-order valence-electron chi connectivity index (χ4n) is 0.928. The van der Waals surface area contributed by atoms with Crippen LogP contribution in [0.2, 0.25) is 0 Å². The maximum Gasteiger partial charge on any atom is 0.392 e. The van der Waals surface area contributed by atoms with Crippen LogP contribution < -0.4 is 0 Å². The molecule has 0 fully saturated rings. The molecule has 0 heterocycles. The molecule has 0 aromatic rings. The number of hydrogen-bond acceptors (Lipinski definition) is 6. The van der Waals surface area contributed by atoms with Crippen LogP contribution in [0.1, 0.15) is 20.3 Å². The van der Waals surface area contributed by atoms with E-state index in [0.29, 0.717) is 0 Å². The van der Waals surface area contributed by atoms with Crippen molar-refractivity contribution in [2.75, 3.05) is 7.11 Å². The Balaban J connectivity index is 4.99. The molecule has 0 bridgehead atoms. The fraction of sp³-hybridized carbons (Fsp3) is 0.556. The van der Waals surface area contributed by atoms with Crippen molar-refractivity contribution >= 4 is 17.9 Å². The highest BCUT2D eigenvalue weighted by Crippen LogP contribution is 2.20. The van der Waals surface area contributed by atoms with Gasteiger partial charge < -0.3 is 14.2 Å². The Hall–Kier alpha value is -1.59. The summed E-state index contributed by atoms with van der Waals surface area (Å²) in [6, 6.07) is 0. The molecular weight excluding hydrogens is 204 g/mol. The molecule has 0 aliphatic rings. The SMILES string of the molecule is [CH2]CC(OC(C)=O)(OC(C)=O)C(=O)OC. The Bertz CT molecular complexity index is 254. The van der Waals surface area contributed by atoms with E-state index in [-0.39, 0.29) is 6.42 Å². The lowest BCUT2D eigenvalue weighted by Crippen LogP contribution is -2.47. The largest absolute Gasteiger partial charge is 0.463 e. The van der Waals surface area contributed by atoms with Crippen molar-refractivity contribution in [3.63, 3.8) is 0 Å². The zero-order valence-electron chi connectivity index (χ0n) is 8.86. The van der Waals surface area contributed by atoms with Gasteiger partial charge in [-0.25, -0.2) is 4.79 Å². The topological polar surface area (TPSA) is 78.9 Å². The second-order valence-electron chi connectivity index (χ2n) is 2.68. The van der Waals surface area contributed by atoms with E-state index in [4.69, 9.17) is 0 Å². The van der Waals surface area contributed by atoms with Gasteiger partial charge in [0.1, 0.15) is 0 Å². The van der Waals surface area contributed by atoms with Crippen molar-refractivity contribution in [1.82, 2.24) is 0 Å². The number of carbonyl (C=O) groups is 3. The Morgan fingerprint density at radius 3 is 1.73 bits per heavy atom. The van der Waals surface area contributed by atoms with Crippen LogP contribution in [0, 0.1) is 6.92 Å². The molecule has 0 atom stereocenters. The molecule has 0 spiro atoms. The molecule has 0 saturated heterocycles. The molecule has 1 radical (unpaired) electrons. The van der Waals surface area contributed by atoms with Crippen molar-refractivity contribution in [2.24, 2.45) is 0 Å². The molecular formula is C9H13O6. The van der Waals surface area contributed by atoms with E-state index in [1.165, 1.54) is 0 Å². The molecule has 0 aliphatic heterocycles. The molecule has 15 heavy (non-hydrogen) atoms. The van der Waals surface area contributed by atoms with Crippen molar-refractivity contribution in [2.45, 2.75) is 26.1 Å². The Morgan fingerprint density at radius 1 is 1.13 bits per heavy atom. The lowest BCUT2D eigenvalue weighted by molar-refractivity contribution is -0.235. The normalized spacial score (nSPS) is 10.4. The van der Waals surface area contributed by atoms with Gasteiger partial charge in [-0.15, -0.1) is 0 Å². The van der Waals surface area contributed by atoms with Crippen molar-refractivity contribution in [3.05, 3.63) is 6.92 Å². The standard InChI is InChI=1S/C9H13O6/c1-5-9(8(12)13-4,14-6(2)10)15-7(3)11/h1,5H2,2-4H3. The van der Waals surface area contributed by atoms with Crippen molar-refractivity contribution in [3.8, 4) is 0 Å². The molecule has 0 N–H and O–H groups in total. The molecule has 6 heteroatoms. The second-order valence-corrected chi connectivity index (χ2v) is 2.68. The summed E-state index contributed by atoms with van der Waals surface area (Å²) in [5.41, 5.74) is 0. The Labute approximate surface area is 87.5 Å². The number of esters is 3. The molecule has 0 rings (SSSR count). The summed E-state index contributed by atoms with van der Waals surface area (Å²) in [6.07, 6.45) is -0.265. The molecule has 6 nitrogen and oxygen atoms in total. The quantitative estimate of drug-likeness (QED) is 0.494. The highest BCUT2D eigenvalue weighted by molar-refractivity contribution is 5.84. The molecule has 0 amide bonds. The minimum atomic E-state index is -2.08. The van der Waals surface area contributed by atoms with Crippen LogP contribution in [0.25, 0.3) is 0 Å². The zero-order chi connectivity index (χ0) is 12.1. The number of rotatable bonds is 4. The first-order valence-corrected chi connectivity index (χ1v) is 4.14. The molecule has 0 unspecified atom stereocenters. The van der Waals surface area contributed by atoms with E-state index >= 15 is 0 Å². The van der Waals surface area contributed by atoms with Crippen molar-refractivity contribution < 1.29 is 28.6 Å². The highest BCUT2D eigenvalue weighted by atomic mass is 16.8. The lowest BCUT2D eigenvalue weighted by atomic mass is 10.2. The number of carbonyl (C=O) groups excluding carboxylic acids is 3. The lowest BCUT2D eigenvalue weighted by Gasteiger charge is -2.27. The van der Waals surface area contributed by atoms with E-state index in [2.05, 4.69) is 21.1 Å². The number of hydrogen-bond donors (Lipinski definition) is 0.